The average molecular weight is 258 g/mol. The molecule has 0 amide bonds. The molecule has 0 radical (unpaired) electrons. The van der Waals surface area contributed by atoms with Crippen LogP contribution in [-0.2, 0) is 5.41 Å². The van der Waals surface area contributed by atoms with E-state index in [1.807, 2.05) is 12.1 Å². The molecule has 0 aliphatic heterocycles. The van der Waals surface area contributed by atoms with Gasteiger partial charge in [0.2, 0.25) is 0 Å². The van der Waals surface area contributed by atoms with Crippen molar-refractivity contribution in [3.05, 3.63) is 59.4 Å². The van der Waals surface area contributed by atoms with Crippen molar-refractivity contribution in [1.29, 1.82) is 0 Å². The van der Waals surface area contributed by atoms with Crippen LogP contribution in [-0.4, -0.2) is 0 Å². The molecule has 0 spiro atoms. The number of aryl methyl sites for hydroxylation is 1. The molecule has 2 heteroatoms. The third-order valence-corrected chi connectivity index (χ3v) is 3.06. The van der Waals surface area contributed by atoms with Gasteiger partial charge in [0.25, 0.3) is 0 Å². The van der Waals surface area contributed by atoms with Crippen molar-refractivity contribution in [2.24, 2.45) is 0 Å². The van der Waals surface area contributed by atoms with E-state index in [-0.39, 0.29) is 11.2 Å². The normalized spacial score (nSPS) is 11.4. The Labute approximate surface area is 114 Å². The van der Waals surface area contributed by atoms with Gasteiger partial charge in [-0.05, 0) is 59.9 Å². The minimum absolute atomic E-state index is 0.124. The molecule has 2 aromatic carbocycles. The summed E-state index contributed by atoms with van der Waals surface area (Å²) in [6.07, 6.45) is 0. The number of hydrogen-bond donors (Lipinski definition) is 0. The minimum atomic E-state index is -0.258. The van der Waals surface area contributed by atoms with E-state index < -0.39 is 0 Å². The maximum Gasteiger partial charge on any atom is 0.127 e. The van der Waals surface area contributed by atoms with E-state index in [0.29, 0.717) is 5.75 Å². The molecular weight excluding hydrogens is 239 g/mol. The third kappa shape index (κ3) is 3.34. The van der Waals surface area contributed by atoms with E-state index in [9.17, 15) is 4.39 Å². The highest BCUT2D eigenvalue weighted by molar-refractivity contribution is 5.40. The fourth-order valence-electron chi connectivity index (χ4n) is 2.18. The molecule has 0 aliphatic carbocycles. The Hall–Kier alpha value is -1.83. The van der Waals surface area contributed by atoms with E-state index >= 15 is 0 Å². The number of rotatable bonds is 2. The Morgan fingerprint density at radius 1 is 0.895 bits per heavy atom. The minimum Gasteiger partial charge on any atom is -0.457 e. The first-order valence-electron chi connectivity index (χ1n) is 6.41. The van der Waals surface area contributed by atoms with Gasteiger partial charge in [-0.2, -0.15) is 0 Å². The van der Waals surface area contributed by atoms with Crippen molar-refractivity contribution in [3.8, 4) is 11.5 Å². The lowest BCUT2D eigenvalue weighted by molar-refractivity contribution is 0.478. The Kier molecular flexibility index (Phi) is 3.61. The van der Waals surface area contributed by atoms with Crippen LogP contribution in [0.1, 0.15) is 31.9 Å². The van der Waals surface area contributed by atoms with Crippen LogP contribution in [0.25, 0.3) is 0 Å². The van der Waals surface area contributed by atoms with Crippen molar-refractivity contribution >= 4 is 0 Å². The molecule has 0 aromatic heterocycles. The van der Waals surface area contributed by atoms with Gasteiger partial charge in [0.15, 0.2) is 0 Å². The van der Waals surface area contributed by atoms with Gasteiger partial charge in [-0.3, -0.25) is 0 Å². The van der Waals surface area contributed by atoms with Crippen LogP contribution in [0.4, 0.5) is 4.39 Å². The maximum absolute atomic E-state index is 12.8. The topological polar surface area (TPSA) is 9.23 Å². The van der Waals surface area contributed by atoms with E-state index in [1.165, 1.54) is 23.3 Å². The fraction of sp³-hybridized carbons (Fsp3) is 0.294. The summed E-state index contributed by atoms with van der Waals surface area (Å²) in [5.41, 5.74) is 2.63. The summed E-state index contributed by atoms with van der Waals surface area (Å²) >= 11 is 0. The van der Waals surface area contributed by atoms with E-state index in [2.05, 4.69) is 33.8 Å². The second kappa shape index (κ2) is 5.04. The van der Waals surface area contributed by atoms with Crippen molar-refractivity contribution in [2.45, 2.75) is 33.1 Å². The number of ether oxygens (including phenoxy) is 1. The summed E-state index contributed by atoms with van der Waals surface area (Å²) in [5.74, 6) is 1.16. The van der Waals surface area contributed by atoms with E-state index in [1.54, 1.807) is 12.1 Å². The summed E-state index contributed by atoms with van der Waals surface area (Å²) in [4.78, 5) is 0. The van der Waals surface area contributed by atoms with Gasteiger partial charge in [0, 0.05) is 0 Å². The second-order valence-corrected chi connectivity index (χ2v) is 5.78. The van der Waals surface area contributed by atoms with Crippen LogP contribution in [0.15, 0.2) is 42.5 Å². The third-order valence-electron chi connectivity index (χ3n) is 3.06. The zero-order valence-corrected chi connectivity index (χ0v) is 11.8. The lowest BCUT2D eigenvalue weighted by Crippen LogP contribution is -2.12. The summed E-state index contributed by atoms with van der Waals surface area (Å²) in [6, 6.07) is 12.1. The molecule has 2 aromatic rings. The molecule has 0 N–H and O–H groups in total. The second-order valence-electron chi connectivity index (χ2n) is 5.78. The Balaban J connectivity index is 2.23. The molecule has 0 unspecified atom stereocenters. The highest BCUT2D eigenvalue weighted by atomic mass is 19.1. The SMILES string of the molecule is Cc1cc(Oc2ccc(F)cc2)ccc1C(C)(C)C. The molecule has 0 saturated heterocycles. The van der Waals surface area contributed by atoms with Gasteiger partial charge in [-0.25, -0.2) is 4.39 Å². The van der Waals surface area contributed by atoms with Crippen molar-refractivity contribution in [1.82, 2.24) is 0 Å². The molecule has 0 bridgehead atoms. The average Bonchev–Trinajstić information content (AvgIpc) is 2.30. The molecule has 2 rings (SSSR count). The molecule has 1 nitrogen and oxygen atoms in total. The predicted octanol–water partition coefficient (Wildman–Crippen LogP) is 5.22. The Morgan fingerprint density at radius 3 is 2.00 bits per heavy atom. The highest BCUT2D eigenvalue weighted by Gasteiger charge is 2.16. The quantitative estimate of drug-likeness (QED) is 0.717. The molecule has 0 aliphatic rings. The fourth-order valence-corrected chi connectivity index (χ4v) is 2.18. The molecule has 100 valence electrons. The smallest absolute Gasteiger partial charge is 0.127 e. The summed E-state index contributed by atoms with van der Waals surface area (Å²) in [6.45, 7) is 8.65. The zero-order chi connectivity index (χ0) is 14.0. The highest BCUT2D eigenvalue weighted by Crippen LogP contribution is 2.30. The van der Waals surface area contributed by atoms with Crippen LogP contribution in [0, 0.1) is 12.7 Å². The van der Waals surface area contributed by atoms with Gasteiger partial charge in [-0.15, -0.1) is 0 Å². The van der Waals surface area contributed by atoms with Gasteiger partial charge in [0.05, 0.1) is 0 Å². The van der Waals surface area contributed by atoms with Gasteiger partial charge < -0.3 is 4.74 Å². The van der Waals surface area contributed by atoms with Crippen molar-refractivity contribution in [3.63, 3.8) is 0 Å². The van der Waals surface area contributed by atoms with E-state index in [0.717, 1.165) is 5.75 Å². The van der Waals surface area contributed by atoms with Crippen LogP contribution in [0.3, 0.4) is 0 Å². The molecule has 19 heavy (non-hydrogen) atoms. The monoisotopic (exact) mass is 258 g/mol. The first kappa shape index (κ1) is 13.6. The largest absolute Gasteiger partial charge is 0.457 e. The van der Waals surface area contributed by atoms with Crippen molar-refractivity contribution < 1.29 is 9.13 Å². The van der Waals surface area contributed by atoms with Crippen LogP contribution in [0.5, 0.6) is 11.5 Å². The molecule has 0 fully saturated rings. The van der Waals surface area contributed by atoms with Gasteiger partial charge in [0.1, 0.15) is 17.3 Å². The standard InChI is InChI=1S/C17H19FO/c1-12-11-15(9-10-16(12)17(2,3)4)19-14-7-5-13(18)6-8-14/h5-11H,1-4H3. The van der Waals surface area contributed by atoms with Gasteiger partial charge >= 0.3 is 0 Å². The Bertz CT molecular complexity index is 565. The first-order valence-corrected chi connectivity index (χ1v) is 6.41. The van der Waals surface area contributed by atoms with E-state index in [4.69, 9.17) is 4.74 Å². The maximum atomic E-state index is 12.8. The summed E-state index contributed by atoms with van der Waals surface area (Å²) in [7, 11) is 0. The first-order chi connectivity index (χ1) is 8.86. The van der Waals surface area contributed by atoms with Crippen LogP contribution in [0.2, 0.25) is 0 Å². The van der Waals surface area contributed by atoms with Crippen molar-refractivity contribution in [2.75, 3.05) is 0 Å². The van der Waals surface area contributed by atoms with Gasteiger partial charge in [-0.1, -0.05) is 26.8 Å². The molecule has 0 heterocycles. The predicted molar refractivity (Wildman–Crippen MR) is 76.4 cm³/mol. The summed E-state index contributed by atoms with van der Waals surface area (Å²) in [5, 5.41) is 0. The lowest BCUT2D eigenvalue weighted by atomic mass is 9.84. The van der Waals surface area contributed by atoms with Crippen LogP contribution >= 0.6 is 0 Å². The summed E-state index contributed by atoms with van der Waals surface area (Å²) < 4.78 is 18.5. The lowest BCUT2D eigenvalue weighted by Gasteiger charge is -2.22. The van der Waals surface area contributed by atoms with Crippen LogP contribution < -0.4 is 4.74 Å². The molecular formula is C17H19FO. The Morgan fingerprint density at radius 2 is 1.47 bits per heavy atom. The number of halogens is 1. The molecule has 0 atom stereocenters. The molecule has 0 saturated carbocycles. The number of hydrogen-bond acceptors (Lipinski definition) is 1. The zero-order valence-electron chi connectivity index (χ0n) is 11.8. The number of benzene rings is 2.